The van der Waals surface area contributed by atoms with Crippen LogP contribution in [0.15, 0.2) is 0 Å². The third kappa shape index (κ3) is 2.82. The van der Waals surface area contributed by atoms with Crippen LogP contribution in [0.5, 0.6) is 0 Å². The zero-order valence-corrected chi connectivity index (χ0v) is 6.52. The Morgan fingerprint density at radius 2 is 2.00 bits per heavy atom. The molecule has 3 N–H and O–H groups in total. The van der Waals surface area contributed by atoms with Crippen molar-refractivity contribution in [2.45, 2.75) is 33.3 Å². The summed E-state index contributed by atoms with van der Waals surface area (Å²) in [6.07, 6.45) is 0.617. The molecule has 2 heteroatoms. The lowest BCUT2D eigenvalue weighted by Gasteiger charge is -2.26. The molecule has 0 heterocycles. The Morgan fingerprint density at radius 1 is 1.56 bits per heavy atom. The van der Waals surface area contributed by atoms with Crippen LogP contribution in [0.2, 0.25) is 0 Å². The van der Waals surface area contributed by atoms with Crippen molar-refractivity contribution in [3.05, 3.63) is 0 Å². The minimum Gasteiger partial charge on any atom is -0.393 e. The molecule has 0 radical (unpaired) electrons. The van der Waals surface area contributed by atoms with Gasteiger partial charge in [-0.25, -0.2) is 0 Å². The lowest BCUT2D eigenvalue weighted by atomic mass is 9.84. The van der Waals surface area contributed by atoms with E-state index < -0.39 is 0 Å². The normalized spacial score (nSPS) is 15.7. The maximum Gasteiger partial charge on any atom is 0.0563 e. The van der Waals surface area contributed by atoms with Gasteiger partial charge >= 0.3 is 0 Å². The van der Waals surface area contributed by atoms with Crippen molar-refractivity contribution >= 4 is 0 Å². The molecular weight excluding hydrogens is 114 g/mol. The lowest BCUT2D eigenvalue weighted by molar-refractivity contribution is 0.0616. The molecule has 0 fully saturated rings. The molecule has 0 spiro atoms. The molecule has 0 aromatic rings. The number of rotatable bonds is 3. The number of aliphatic hydroxyl groups is 1. The fourth-order valence-electron chi connectivity index (χ4n) is 0.581. The highest BCUT2D eigenvalue weighted by atomic mass is 16.3. The van der Waals surface area contributed by atoms with Gasteiger partial charge in [0.25, 0.3) is 0 Å². The summed E-state index contributed by atoms with van der Waals surface area (Å²) >= 11 is 0. The van der Waals surface area contributed by atoms with Gasteiger partial charge in [0, 0.05) is 0 Å². The van der Waals surface area contributed by atoms with Crippen LogP contribution in [0.3, 0.4) is 0 Å². The molecule has 0 amide bonds. The maximum atomic E-state index is 9.16. The minimum absolute atomic E-state index is 0.0191. The largest absolute Gasteiger partial charge is 0.393 e. The second-order valence-electron chi connectivity index (χ2n) is 3.20. The van der Waals surface area contributed by atoms with Crippen LogP contribution < -0.4 is 5.73 Å². The molecule has 0 aliphatic rings. The van der Waals surface area contributed by atoms with Crippen molar-refractivity contribution in [2.24, 2.45) is 11.1 Å². The van der Waals surface area contributed by atoms with Gasteiger partial charge in [0.15, 0.2) is 0 Å². The first kappa shape index (κ1) is 8.92. The van der Waals surface area contributed by atoms with E-state index in [1.54, 1.807) is 6.92 Å². The summed E-state index contributed by atoms with van der Waals surface area (Å²) in [5.41, 5.74) is 5.32. The average molecular weight is 131 g/mol. The van der Waals surface area contributed by atoms with Crippen LogP contribution in [-0.4, -0.2) is 17.8 Å². The zero-order valence-electron chi connectivity index (χ0n) is 6.52. The van der Waals surface area contributed by atoms with Gasteiger partial charge in [0.05, 0.1) is 6.10 Å². The van der Waals surface area contributed by atoms with E-state index in [-0.39, 0.29) is 11.5 Å². The molecule has 0 rings (SSSR count). The Balaban J connectivity index is 3.70. The fraction of sp³-hybridized carbons (Fsp3) is 1.00. The fourth-order valence-corrected chi connectivity index (χ4v) is 0.581. The summed E-state index contributed by atoms with van der Waals surface area (Å²) in [6, 6.07) is 0. The number of hydrogen-bond acceptors (Lipinski definition) is 2. The average Bonchev–Trinajstić information content (AvgIpc) is 1.65. The molecule has 0 saturated carbocycles. The summed E-state index contributed by atoms with van der Waals surface area (Å²) in [4.78, 5) is 0. The summed E-state index contributed by atoms with van der Waals surface area (Å²) in [7, 11) is 0. The SMILES string of the molecule is CC(O)C(C)(C)CCN. The lowest BCUT2D eigenvalue weighted by Crippen LogP contribution is -2.28. The second kappa shape index (κ2) is 3.18. The van der Waals surface area contributed by atoms with Gasteiger partial charge < -0.3 is 10.8 Å². The molecule has 0 aromatic carbocycles. The van der Waals surface area contributed by atoms with Crippen LogP contribution in [0.25, 0.3) is 0 Å². The molecule has 0 bridgehead atoms. The molecule has 9 heavy (non-hydrogen) atoms. The van der Waals surface area contributed by atoms with Crippen LogP contribution in [-0.2, 0) is 0 Å². The van der Waals surface area contributed by atoms with Gasteiger partial charge in [-0.05, 0) is 25.3 Å². The quantitative estimate of drug-likeness (QED) is 0.593. The minimum atomic E-state index is -0.263. The first-order chi connectivity index (χ1) is 4.00. The van der Waals surface area contributed by atoms with E-state index in [1.165, 1.54) is 0 Å². The Morgan fingerprint density at radius 3 is 2.11 bits per heavy atom. The van der Waals surface area contributed by atoms with E-state index in [2.05, 4.69) is 0 Å². The predicted molar refractivity (Wildman–Crippen MR) is 39.1 cm³/mol. The van der Waals surface area contributed by atoms with Gasteiger partial charge in [-0.1, -0.05) is 13.8 Å². The maximum absolute atomic E-state index is 9.16. The zero-order chi connectivity index (χ0) is 7.49. The number of hydrogen-bond donors (Lipinski definition) is 2. The van der Waals surface area contributed by atoms with Crippen LogP contribution in [0, 0.1) is 5.41 Å². The van der Waals surface area contributed by atoms with Crippen molar-refractivity contribution in [1.82, 2.24) is 0 Å². The molecule has 0 aliphatic carbocycles. The summed E-state index contributed by atoms with van der Waals surface area (Å²) in [5.74, 6) is 0. The Hall–Kier alpha value is -0.0800. The van der Waals surface area contributed by atoms with E-state index in [9.17, 15) is 0 Å². The standard InChI is InChI=1S/C7H17NO/c1-6(9)7(2,3)4-5-8/h6,9H,4-5,8H2,1-3H3. The van der Waals surface area contributed by atoms with E-state index in [0.717, 1.165) is 6.42 Å². The van der Waals surface area contributed by atoms with E-state index in [0.29, 0.717) is 6.54 Å². The molecule has 56 valence electrons. The highest BCUT2D eigenvalue weighted by Crippen LogP contribution is 2.23. The van der Waals surface area contributed by atoms with Gasteiger partial charge in [-0.2, -0.15) is 0 Å². The van der Waals surface area contributed by atoms with Crippen molar-refractivity contribution < 1.29 is 5.11 Å². The summed E-state index contributed by atoms with van der Waals surface area (Å²) in [5, 5.41) is 9.16. The van der Waals surface area contributed by atoms with Crippen LogP contribution >= 0.6 is 0 Å². The molecule has 0 aromatic heterocycles. The van der Waals surface area contributed by atoms with Crippen molar-refractivity contribution in [2.75, 3.05) is 6.54 Å². The number of aliphatic hydroxyl groups excluding tert-OH is 1. The Labute approximate surface area is 57.1 Å². The van der Waals surface area contributed by atoms with Gasteiger partial charge in [0.2, 0.25) is 0 Å². The Bertz CT molecular complexity index is 79.0. The van der Waals surface area contributed by atoms with Crippen molar-refractivity contribution in [3.8, 4) is 0 Å². The molecule has 1 unspecified atom stereocenters. The summed E-state index contributed by atoms with van der Waals surface area (Å²) in [6.45, 7) is 6.49. The highest BCUT2D eigenvalue weighted by Gasteiger charge is 2.22. The predicted octanol–water partition coefficient (Wildman–Crippen LogP) is 0.742. The second-order valence-corrected chi connectivity index (χ2v) is 3.20. The number of nitrogens with two attached hydrogens (primary N) is 1. The first-order valence-electron chi connectivity index (χ1n) is 3.39. The van der Waals surface area contributed by atoms with E-state index in [1.807, 2.05) is 13.8 Å². The molecule has 2 nitrogen and oxygen atoms in total. The van der Waals surface area contributed by atoms with Gasteiger partial charge in [-0.15, -0.1) is 0 Å². The third-order valence-corrected chi connectivity index (χ3v) is 1.92. The Kier molecular flexibility index (Phi) is 3.15. The van der Waals surface area contributed by atoms with Gasteiger partial charge in [-0.3, -0.25) is 0 Å². The summed E-state index contributed by atoms with van der Waals surface area (Å²) < 4.78 is 0. The molecule has 0 aliphatic heterocycles. The smallest absolute Gasteiger partial charge is 0.0563 e. The van der Waals surface area contributed by atoms with E-state index >= 15 is 0 Å². The van der Waals surface area contributed by atoms with Crippen molar-refractivity contribution in [1.29, 1.82) is 0 Å². The first-order valence-corrected chi connectivity index (χ1v) is 3.39. The van der Waals surface area contributed by atoms with Crippen molar-refractivity contribution in [3.63, 3.8) is 0 Å². The van der Waals surface area contributed by atoms with Crippen LogP contribution in [0.1, 0.15) is 27.2 Å². The monoisotopic (exact) mass is 131 g/mol. The topological polar surface area (TPSA) is 46.2 Å². The molecule has 1 atom stereocenters. The molecular formula is C7H17NO. The molecule has 0 saturated heterocycles. The third-order valence-electron chi connectivity index (χ3n) is 1.92. The highest BCUT2D eigenvalue weighted by molar-refractivity contribution is 4.73. The van der Waals surface area contributed by atoms with Gasteiger partial charge in [0.1, 0.15) is 0 Å². The van der Waals surface area contributed by atoms with Crippen LogP contribution in [0.4, 0.5) is 0 Å². The van der Waals surface area contributed by atoms with E-state index in [4.69, 9.17) is 10.8 Å².